The lowest BCUT2D eigenvalue weighted by Crippen LogP contribution is -2.25. The second-order valence-corrected chi connectivity index (χ2v) is 4.53. The summed E-state index contributed by atoms with van der Waals surface area (Å²) in [5.74, 6) is 0.398. The van der Waals surface area contributed by atoms with Crippen LogP contribution in [0.4, 0.5) is 5.69 Å². The van der Waals surface area contributed by atoms with Gasteiger partial charge in [-0.15, -0.1) is 0 Å². The molecule has 0 atom stereocenters. The number of nitrogens with two attached hydrogens (primary N) is 1. The molecule has 16 heavy (non-hydrogen) atoms. The molecule has 0 radical (unpaired) electrons. The Morgan fingerprint density at radius 3 is 2.81 bits per heavy atom. The number of hydrogen-bond acceptors (Lipinski definition) is 2. The van der Waals surface area contributed by atoms with E-state index >= 15 is 0 Å². The number of carbonyl (C=O) groups excluding carboxylic acids is 1. The zero-order valence-corrected chi connectivity index (χ0v) is 10.3. The fourth-order valence-electron chi connectivity index (χ4n) is 1.29. The highest BCUT2D eigenvalue weighted by molar-refractivity contribution is 6.36. The van der Waals surface area contributed by atoms with Gasteiger partial charge in [0.15, 0.2) is 0 Å². The van der Waals surface area contributed by atoms with E-state index < -0.39 is 0 Å². The molecule has 0 aromatic heterocycles. The second-order valence-electron chi connectivity index (χ2n) is 4.15. The molecule has 0 aliphatic heterocycles. The summed E-state index contributed by atoms with van der Waals surface area (Å²) in [7, 11) is 0. The lowest BCUT2D eigenvalue weighted by Gasteiger charge is -2.09. The van der Waals surface area contributed by atoms with Crippen molar-refractivity contribution in [2.45, 2.75) is 20.3 Å². The van der Waals surface area contributed by atoms with Gasteiger partial charge in [0.05, 0.1) is 16.3 Å². The molecule has 0 saturated carbocycles. The summed E-state index contributed by atoms with van der Waals surface area (Å²) in [6.07, 6.45) is 0.950. The van der Waals surface area contributed by atoms with Crippen LogP contribution in [0.3, 0.4) is 0 Å². The van der Waals surface area contributed by atoms with Gasteiger partial charge in [-0.1, -0.05) is 31.5 Å². The Hall–Kier alpha value is -1.22. The minimum Gasteiger partial charge on any atom is -0.398 e. The normalized spacial score (nSPS) is 10.5. The lowest BCUT2D eigenvalue weighted by molar-refractivity contribution is 0.0952. The molecule has 3 N–H and O–H groups in total. The number of hydrogen-bond donors (Lipinski definition) is 2. The van der Waals surface area contributed by atoms with Crippen LogP contribution in [-0.4, -0.2) is 12.5 Å². The van der Waals surface area contributed by atoms with Crippen LogP contribution in [-0.2, 0) is 0 Å². The van der Waals surface area contributed by atoms with Crippen molar-refractivity contribution in [1.29, 1.82) is 0 Å². The van der Waals surface area contributed by atoms with Crippen molar-refractivity contribution in [3.63, 3.8) is 0 Å². The van der Waals surface area contributed by atoms with Crippen LogP contribution in [0.25, 0.3) is 0 Å². The highest BCUT2D eigenvalue weighted by Crippen LogP contribution is 2.22. The molecule has 4 heteroatoms. The molecule has 88 valence electrons. The predicted molar refractivity (Wildman–Crippen MR) is 67.7 cm³/mol. The minimum atomic E-state index is -0.169. The van der Waals surface area contributed by atoms with E-state index in [1.165, 1.54) is 0 Å². The molecule has 0 fully saturated rings. The number of rotatable bonds is 4. The quantitative estimate of drug-likeness (QED) is 0.795. The minimum absolute atomic E-state index is 0.169. The summed E-state index contributed by atoms with van der Waals surface area (Å²) < 4.78 is 0. The molecule has 0 aliphatic carbocycles. The highest BCUT2D eigenvalue weighted by atomic mass is 35.5. The van der Waals surface area contributed by atoms with Crippen LogP contribution >= 0.6 is 11.6 Å². The van der Waals surface area contributed by atoms with Crippen molar-refractivity contribution >= 4 is 23.2 Å². The topological polar surface area (TPSA) is 55.1 Å². The van der Waals surface area contributed by atoms with Gasteiger partial charge in [0.1, 0.15) is 0 Å². The lowest BCUT2D eigenvalue weighted by atomic mass is 10.1. The number of amides is 1. The Bertz CT molecular complexity index is 377. The van der Waals surface area contributed by atoms with E-state index in [9.17, 15) is 4.79 Å². The fraction of sp³-hybridized carbons (Fsp3) is 0.417. The maximum Gasteiger partial charge on any atom is 0.252 e. The molecule has 0 aliphatic rings. The third-order valence-corrected chi connectivity index (χ3v) is 2.70. The maximum atomic E-state index is 11.7. The number of halogens is 1. The van der Waals surface area contributed by atoms with E-state index in [4.69, 9.17) is 17.3 Å². The van der Waals surface area contributed by atoms with Crippen LogP contribution in [0.2, 0.25) is 5.02 Å². The van der Waals surface area contributed by atoms with Gasteiger partial charge in [0.2, 0.25) is 0 Å². The van der Waals surface area contributed by atoms with Crippen molar-refractivity contribution < 1.29 is 4.79 Å². The van der Waals surface area contributed by atoms with Crippen molar-refractivity contribution in [3.05, 3.63) is 28.8 Å². The SMILES string of the molecule is CC(C)CCNC(=O)c1cccc(N)c1Cl. The van der Waals surface area contributed by atoms with E-state index in [-0.39, 0.29) is 5.91 Å². The summed E-state index contributed by atoms with van der Waals surface area (Å²) in [4.78, 5) is 11.7. The van der Waals surface area contributed by atoms with Gasteiger partial charge in [0, 0.05) is 6.54 Å². The van der Waals surface area contributed by atoms with Gasteiger partial charge in [-0.25, -0.2) is 0 Å². The summed E-state index contributed by atoms with van der Waals surface area (Å²) in [5.41, 5.74) is 6.49. The molecule has 0 spiro atoms. The first-order chi connectivity index (χ1) is 7.52. The zero-order chi connectivity index (χ0) is 12.1. The summed E-state index contributed by atoms with van der Waals surface area (Å²) in [5, 5.41) is 3.14. The molecular weight excluding hydrogens is 224 g/mol. The Balaban J connectivity index is 2.63. The van der Waals surface area contributed by atoms with Crippen LogP contribution in [0, 0.1) is 5.92 Å². The van der Waals surface area contributed by atoms with Gasteiger partial charge in [-0.3, -0.25) is 4.79 Å². The molecule has 3 nitrogen and oxygen atoms in total. The Labute approximate surface area is 101 Å². The molecule has 0 heterocycles. The van der Waals surface area contributed by atoms with Gasteiger partial charge in [0.25, 0.3) is 5.91 Å². The van der Waals surface area contributed by atoms with E-state index in [1.807, 2.05) is 0 Å². The fourth-order valence-corrected chi connectivity index (χ4v) is 1.51. The summed E-state index contributed by atoms with van der Waals surface area (Å²) >= 11 is 5.94. The smallest absolute Gasteiger partial charge is 0.252 e. The van der Waals surface area contributed by atoms with Crippen molar-refractivity contribution in [2.75, 3.05) is 12.3 Å². The molecule has 1 rings (SSSR count). The van der Waals surface area contributed by atoms with Crippen molar-refractivity contribution in [2.24, 2.45) is 5.92 Å². The molecule has 1 amide bonds. The molecule has 0 saturated heterocycles. The zero-order valence-electron chi connectivity index (χ0n) is 9.59. The largest absolute Gasteiger partial charge is 0.398 e. The van der Waals surface area contributed by atoms with Crippen molar-refractivity contribution in [1.82, 2.24) is 5.32 Å². The summed E-state index contributed by atoms with van der Waals surface area (Å²) in [6, 6.07) is 5.06. The first kappa shape index (κ1) is 12.8. The Morgan fingerprint density at radius 1 is 1.50 bits per heavy atom. The Kier molecular flexibility index (Phi) is 4.62. The third-order valence-electron chi connectivity index (χ3n) is 2.28. The molecule has 0 unspecified atom stereocenters. The van der Waals surface area contributed by atoms with Crippen LogP contribution in [0.15, 0.2) is 18.2 Å². The van der Waals surface area contributed by atoms with E-state index in [1.54, 1.807) is 18.2 Å². The van der Waals surface area contributed by atoms with E-state index in [0.29, 0.717) is 28.7 Å². The van der Waals surface area contributed by atoms with E-state index in [2.05, 4.69) is 19.2 Å². The predicted octanol–water partition coefficient (Wildman–Crippen LogP) is 2.70. The summed E-state index contributed by atoms with van der Waals surface area (Å²) in [6.45, 7) is 4.88. The third kappa shape index (κ3) is 3.42. The average Bonchev–Trinajstić information content (AvgIpc) is 2.21. The highest BCUT2D eigenvalue weighted by Gasteiger charge is 2.11. The van der Waals surface area contributed by atoms with Crippen LogP contribution < -0.4 is 11.1 Å². The molecule has 1 aromatic rings. The second kappa shape index (κ2) is 5.75. The Morgan fingerprint density at radius 2 is 2.19 bits per heavy atom. The van der Waals surface area contributed by atoms with E-state index in [0.717, 1.165) is 6.42 Å². The number of benzene rings is 1. The van der Waals surface area contributed by atoms with Gasteiger partial charge >= 0.3 is 0 Å². The number of nitrogens with one attached hydrogen (secondary N) is 1. The maximum absolute atomic E-state index is 11.7. The number of carbonyl (C=O) groups is 1. The first-order valence-corrected chi connectivity index (χ1v) is 5.72. The average molecular weight is 241 g/mol. The molecule has 1 aromatic carbocycles. The number of nitrogen functional groups attached to an aromatic ring is 1. The van der Waals surface area contributed by atoms with Gasteiger partial charge < -0.3 is 11.1 Å². The molecule has 0 bridgehead atoms. The molecular formula is C12H17ClN2O. The van der Waals surface area contributed by atoms with Crippen LogP contribution in [0.1, 0.15) is 30.6 Å². The standard InChI is InChI=1S/C12H17ClN2O/c1-8(2)6-7-15-12(16)9-4-3-5-10(14)11(9)13/h3-5,8H,6-7,14H2,1-2H3,(H,15,16). The van der Waals surface area contributed by atoms with Crippen LogP contribution in [0.5, 0.6) is 0 Å². The number of anilines is 1. The van der Waals surface area contributed by atoms with Gasteiger partial charge in [-0.2, -0.15) is 0 Å². The van der Waals surface area contributed by atoms with Crippen molar-refractivity contribution in [3.8, 4) is 0 Å². The monoisotopic (exact) mass is 240 g/mol. The van der Waals surface area contributed by atoms with Gasteiger partial charge in [-0.05, 0) is 24.5 Å². The first-order valence-electron chi connectivity index (χ1n) is 5.34.